The van der Waals surface area contributed by atoms with Crippen molar-refractivity contribution >= 4 is 6.08 Å². The summed E-state index contributed by atoms with van der Waals surface area (Å²) in [4.78, 5) is 0. The summed E-state index contributed by atoms with van der Waals surface area (Å²) < 4.78 is 201. The first-order chi connectivity index (χ1) is 15.0. The lowest BCUT2D eigenvalue weighted by Gasteiger charge is -2.41. The Labute approximate surface area is 181 Å². The van der Waals surface area contributed by atoms with Gasteiger partial charge < -0.3 is 4.74 Å². The molecule has 0 N–H and O–H groups in total. The maximum Gasteiger partial charge on any atom is 0.460 e. The molecule has 1 aromatic rings. The van der Waals surface area contributed by atoms with Gasteiger partial charge in [0.05, 0.1) is 13.2 Å². The van der Waals surface area contributed by atoms with Crippen molar-refractivity contribution in [2.75, 3.05) is 6.61 Å². The van der Waals surface area contributed by atoms with Gasteiger partial charge in [-0.05, 0) is 11.1 Å². The van der Waals surface area contributed by atoms with Gasteiger partial charge in [-0.1, -0.05) is 36.9 Å². The van der Waals surface area contributed by atoms with E-state index in [-0.39, 0.29) is 5.56 Å². The fraction of sp³-hybridized carbons (Fsp3) is 0.556. The van der Waals surface area contributed by atoms with Crippen LogP contribution in [0.5, 0.6) is 0 Å². The third kappa shape index (κ3) is 4.82. The highest BCUT2D eigenvalue weighted by Crippen LogP contribution is 2.62. The molecule has 0 fully saturated rings. The summed E-state index contributed by atoms with van der Waals surface area (Å²) in [6.45, 7) is 1.27. The van der Waals surface area contributed by atoms with E-state index in [1.54, 1.807) is 0 Å². The molecular weight excluding hydrogens is 517 g/mol. The zero-order valence-corrected chi connectivity index (χ0v) is 16.3. The topological polar surface area (TPSA) is 9.23 Å². The van der Waals surface area contributed by atoms with Crippen molar-refractivity contribution in [2.45, 2.75) is 54.7 Å². The average molecular weight is 530 g/mol. The summed E-state index contributed by atoms with van der Waals surface area (Å²) in [7, 11) is 0. The first-order valence-corrected chi connectivity index (χ1v) is 8.64. The van der Waals surface area contributed by atoms with Gasteiger partial charge in [0, 0.05) is 6.42 Å². The minimum atomic E-state index is -8.28. The van der Waals surface area contributed by atoms with E-state index in [0.29, 0.717) is 5.56 Å². The van der Waals surface area contributed by atoms with E-state index in [4.69, 9.17) is 0 Å². The molecule has 16 heteroatoms. The highest BCUT2D eigenvalue weighted by Gasteiger charge is 2.93. The lowest BCUT2D eigenvalue weighted by atomic mass is 9.90. The van der Waals surface area contributed by atoms with Gasteiger partial charge in [0.15, 0.2) is 0 Å². The normalized spacial score (nSPS) is 14.9. The molecule has 0 bridgehead atoms. The lowest BCUT2D eigenvalue weighted by Crippen LogP contribution is -2.72. The van der Waals surface area contributed by atoms with Crippen molar-refractivity contribution in [3.8, 4) is 0 Å². The highest BCUT2D eigenvalue weighted by atomic mass is 19.4. The molecule has 0 spiro atoms. The molecule has 0 atom stereocenters. The molecule has 34 heavy (non-hydrogen) atoms. The molecule has 0 saturated heterocycles. The van der Waals surface area contributed by atoms with Crippen LogP contribution in [0, 0.1) is 0 Å². The highest BCUT2D eigenvalue weighted by molar-refractivity contribution is 5.47. The van der Waals surface area contributed by atoms with Crippen molar-refractivity contribution in [3.05, 3.63) is 42.0 Å². The summed E-state index contributed by atoms with van der Waals surface area (Å²) >= 11 is 0. The Kier molecular flexibility index (Phi) is 8.05. The molecule has 0 aliphatic carbocycles. The zero-order valence-electron chi connectivity index (χ0n) is 16.3. The molecule has 1 aromatic carbocycles. The largest absolute Gasteiger partial charge is 0.460 e. The Morgan fingerprint density at radius 2 is 1.03 bits per heavy atom. The van der Waals surface area contributed by atoms with Crippen LogP contribution in [0.2, 0.25) is 0 Å². The maximum absolute atomic E-state index is 13.7. The first kappa shape index (κ1) is 29.9. The third-order valence-corrected chi connectivity index (χ3v) is 4.44. The number of rotatable bonds is 11. The molecule has 0 saturated carbocycles. The predicted octanol–water partition coefficient (Wildman–Crippen LogP) is 7.61. The Morgan fingerprint density at radius 1 is 0.618 bits per heavy atom. The fourth-order valence-corrected chi connectivity index (χ4v) is 2.30. The standard InChI is InChI=1S/C18H13F15O/c1-2-10-3-5-11(6-4-10)9-34-8-7-12(19,20)13(21,22)14(23,24)15(25,26)16(27,28)17(29,30)18(31,32)33/h2-6H,1,7-9H2. The molecular formula is C18H13F15O. The van der Waals surface area contributed by atoms with Gasteiger partial charge in [-0.3, -0.25) is 0 Å². The van der Waals surface area contributed by atoms with Crippen LogP contribution >= 0.6 is 0 Å². The third-order valence-electron chi connectivity index (χ3n) is 4.44. The number of hydrogen-bond donors (Lipinski definition) is 0. The molecule has 1 rings (SSSR count). The van der Waals surface area contributed by atoms with Gasteiger partial charge in [0.2, 0.25) is 0 Å². The molecule has 196 valence electrons. The Hall–Kier alpha value is -2.13. The smallest absolute Gasteiger partial charge is 0.377 e. The second kappa shape index (κ2) is 9.15. The van der Waals surface area contributed by atoms with E-state index in [1.165, 1.54) is 30.3 Å². The fourth-order valence-electron chi connectivity index (χ4n) is 2.30. The number of alkyl halides is 15. The van der Waals surface area contributed by atoms with E-state index in [9.17, 15) is 65.9 Å². The van der Waals surface area contributed by atoms with Crippen LogP contribution in [-0.4, -0.2) is 48.3 Å². The summed E-state index contributed by atoms with van der Waals surface area (Å²) in [5.41, 5.74) is 0.817. The molecule has 0 aliphatic heterocycles. The molecule has 0 aliphatic rings. The molecule has 1 nitrogen and oxygen atoms in total. The van der Waals surface area contributed by atoms with Crippen LogP contribution in [0.4, 0.5) is 65.9 Å². The quantitative estimate of drug-likeness (QED) is 0.212. The zero-order chi connectivity index (χ0) is 27.0. The number of benzene rings is 1. The molecule has 0 radical (unpaired) electrons. The predicted molar refractivity (Wildman–Crippen MR) is 86.5 cm³/mol. The van der Waals surface area contributed by atoms with E-state index in [2.05, 4.69) is 11.3 Å². The van der Waals surface area contributed by atoms with E-state index in [1.807, 2.05) is 0 Å². The van der Waals surface area contributed by atoms with Crippen molar-refractivity contribution in [2.24, 2.45) is 0 Å². The number of hydrogen-bond acceptors (Lipinski definition) is 1. The molecule has 0 heterocycles. The van der Waals surface area contributed by atoms with Crippen LogP contribution in [0.25, 0.3) is 6.08 Å². The molecule has 0 amide bonds. The van der Waals surface area contributed by atoms with Gasteiger partial charge in [0.25, 0.3) is 0 Å². The van der Waals surface area contributed by atoms with E-state index < -0.39 is 61.3 Å². The second-order valence-electron chi connectivity index (χ2n) is 6.82. The SMILES string of the molecule is C=Cc1ccc(COCCC(F)(F)C(F)(F)C(F)(F)C(F)(F)C(F)(F)C(F)(F)C(F)(F)F)cc1. The van der Waals surface area contributed by atoms with Gasteiger partial charge >= 0.3 is 41.7 Å². The van der Waals surface area contributed by atoms with Gasteiger partial charge in [-0.15, -0.1) is 0 Å². The van der Waals surface area contributed by atoms with Crippen LogP contribution in [-0.2, 0) is 11.3 Å². The summed E-state index contributed by atoms with van der Waals surface area (Å²) in [6, 6.07) is 5.55. The minimum Gasteiger partial charge on any atom is -0.377 e. The number of halogens is 15. The van der Waals surface area contributed by atoms with E-state index >= 15 is 0 Å². The van der Waals surface area contributed by atoms with Gasteiger partial charge in [-0.25, -0.2) is 0 Å². The lowest BCUT2D eigenvalue weighted by molar-refractivity contribution is -0.452. The van der Waals surface area contributed by atoms with E-state index in [0.717, 1.165) is 0 Å². The molecule has 0 aromatic heterocycles. The van der Waals surface area contributed by atoms with Gasteiger partial charge in [-0.2, -0.15) is 65.9 Å². The van der Waals surface area contributed by atoms with Crippen molar-refractivity contribution < 1.29 is 70.6 Å². The average Bonchev–Trinajstić information content (AvgIpc) is 2.70. The summed E-state index contributed by atoms with van der Waals surface area (Å²) in [5.74, 6) is -46.4. The van der Waals surface area contributed by atoms with Crippen LogP contribution in [0.1, 0.15) is 17.5 Å². The van der Waals surface area contributed by atoms with Crippen molar-refractivity contribution in [1.82, 2.24) is 0 Å². The van der Waals surface area contributed by atoms with Crippen molar-refractivity contribution in [1.29, 1.82) is 0 Å². The van der Waals surface area contributed by atoms with Crippen LogP contribution in [0.3, 0.4) is 0 Å². The number of ether oxygens (including phenoxy) is 1. The second-order valence-corrected chi connectivity index (χ2v) is 6.82. The summed E-state index contributed by atoms with van der Waals surface area (Å²) in [5, 5.41) is 0. The Morgan fingerprint density at radius 3 is 1.44 bits per heavy atom. The van der Waals surface area contributed by atoms with Gasteiger partial charge in [0.1, 0.15) is 0 Å². The maximum atomic E-state index is 13.7. The minimum absolute atomic E-state index is 0.228. The summed E-state index contributed by atoms with van der Waals surface area (Å²) in [6.07, 6.45) is -8.74. The van der Waals surface area contributed by atoms with Crippen LogP contribution < -0.4 is 0 Å². The molecule has 0 unspecified atom stereocenters. The Bertz CT molecular complexity index is 840. The monoisotopic (exact) mass is 530 g/mol. The first-order valence-electron chi connectivity index (χ1n) is 8.64. The Balaban J connectivity index is 3.09. The van der Waals surface area contributed by atoms with Crippen LogP contribution in [0.15, 0.2) is 30.8 Å². The van der Waals surface area contributed by atoms with Crippen molar-refractivity contribution in [3.63, 3.8) is 0 Å².